The van der Waals surface area contributed by atoms with Gasteiger partial charge in [-0.25, -0.2) is 4.79 Å². The Morgan fingerprint density at radius 1 is 1.14 bits per heavy atom. The predicted octanol–water partition coefficient (Wildman–Crippen LogP) is 5.37. The number of carbonyl (C=O) groups is 1. The highest BCUT2D eigenvalue weighted by Crippen LogP contribution is 2.37. The number of allylic oxidation sites excluding steroid dienone is 1. The second-order valence-electron chi connectivity index (χ2n) is 8.87. The first kappa shape index (κ1) is 24.5. The SMILES string of the molecule is COc1ccc(C2NC(=O)N(CCCOC(C)C)C(C)=C2c2nc(-c3cccc(C)c3)no2)cc1. The number of urea groups is 1. The molecule has 1 unspecified atom stereocenters. The molecule has 0 aliphatic carbocycles. The van der Waals surface area contributed by atoms with Crippen molar-refractivity contribution in [1.82, 2.24) is 20.4 Å². The summed E-state index contributed by atoms with van der Waals surface area (Å²) in [5, 5.41) is 7.37. The molecule has 35 heavy (non-hydrogen) atoms. The van der Waals surface area contributed by atoms with Gasteiger partial charge in [0.15, 0.2) is 0 Å². The number of rotatable bonds is 9. The van der Waals surface area contributed by atoms with Crippen LogP contribution in [0.3, 0.4) is 0 Å². The highest BCUT2D eigenvalue weighted by Gasteiger charge is 2.35. The van der Waals surface area contributed by atoms with Crippen molar-refractivity contribution in [2.45, 2.75) is 46.3 Å². The minimum absolute atomic E-state index is 0.148. The van der Waals surface area contributed by atoms with Gasteiger partial charge >= 0.3 is 6.03 Å². The van der Waals surface area contributed by atoms with E-state index in [2.05, 4.69) is 10.5 Å². The van der Waals surface area contributed by atoms with Crippen LogP contribution < -0.4 is 10.1 Å². The first-order valence-electron chi connectivity index (χ1n) is 11.8. The van der Waals surface area contributed by atoms with Gasteiger partial charge in [-0.1, -0.05) is 41.1 Å². The Morgan fingerprint density at radius 3 is 2.60 bits per heavy atom. The molecule has 8 heteroatoms. The molecule has 1 N–H and O–H groups in total. The Hall–Kier alpha value is -3.65. The Balaban J connectivity index is 1.71. The zero-order chi connectivity index (χ0) is 24.9. The van der Waals surface area contributed by atoms with E-state index in [1.165, 1.54) is 0 Å². The Kier molecular flexibility index (Phi) is 7.51. The number of hydrogen-bond acceptors (Lipinski definition) is 6. The van der Waals surface area contributed by atoms with Crippen molar-refractivity contribution in [3.63, 3.8) is 0 Å². The molecule has 8 nitrogen and oxygen atoms in total. The molecular weight excluding hydrogens is 444 g/mol. The number of nitrogens with one attached hydrogen (secondary N) is 1. The molecule has 0 fully saturated rings. The van der Waals surface area contributed by atoms with Gasteiger partial charge in [0, 0.05) is 24.4 Å². The summed E-state index contributed by atoms with van der Waals surface area (Å²) in [4.78, 5) is 19.6. The van der Waals surface area contributed by atoms with Crippen molar-refractivity contribution >= 4 is 11.6 Å². The molecule has 1 aliphatic rings. The molecular formula is C27H32N4O4. The van der Waals surface area contributed by atoms with E-state index in [-0.39, 0.29) is 12.1 Å². The average molecular weight is 477 g/mol. The van der Waals surface area contributed by atoms with E-state index in [0.29, 0.717) is 31.3 Å². The monoisotopic (exact) mass is 476 g/mol. The van der Waals surface area contributed by atoms with Crippen LogP contribution in [0.15, 0.2) is 58.8 Å². The molecule has 4 rings (SSSR count). The quantitative estimate of drug-likeness (QED) is 0.418. The lowest BCUT2D eigenvalue weighted by Gasteiger charge is -2.35. The number of nitrogens with zero attached hydrogens (tertiary/aromatic N) is 3. The van der Waals surface area contributed by atoms with Gasteiger partial charge in [0.25, 0.3) is 5.89 Å². The lowest BCUT2D eigenvalue weighted by atomic mass is 9.94. The molecule has 0 spiro atoms. The Labute approximate surface area is 205 Å². The molecule has 0 saturated carbocycles. The minimum Gasteiger partial charge on any atom is -0.497 e. The molecule has 2 amide bonds. The zero-order valence-corrected chi connectivity index (χ0v) is 20.9. The van der Waals surface area contributed by atoms with Crippen LogP contribution in [-0.4, -0.2) is 47.4 Å². The van der Waals surface area contributed by atoms with Gasteiger partial charge in [-0.3, -0.25) is 4.90 Å². The topological polar surface area (TPSA) is 89.7 Å². The van der Waals surface area contributed by atoms with Crippen molar-refractivity contribution in [1.29, 1.82) is 0 Å². The maximum absolute atomic E-state index is 13.1. The largest absolute Gasteiger partial charge is 0.497 e. The van der Waals surface area contributed by atoms with Crippen LogP contribution in [0.5, 0.6) is 5.75 Å². The molecule has 0 radical (unpaired) electrons. The molecule has 184 valence electrons. The van der Waals surface area contributed by atoms with Crippen LogP contribution in [0.1, 0.15) is 50.3 Å². The maximum Gasteiger partial charge on any atom is 0.322 e. The summed E-state index contributed by atoms with van der Waals surface area (Å²) in [5.74, 6) is 1.62. The smallest absolute Gasteiger partial charge is 0.322 e. The maximum atomic E-state index is 13.1. The summed E-state index contributed by atoms with van der Waals surface area (Å²) in [7, 11) is 1.62. The second kappa shape index (κ2) is 10.7. The van der Waals surface area contributed by atoms with Crippen LogP contribution in [0.4, 0.5) is 4.79 Å². The first-order chi connectivity index (χ1) is 16.9. The van der Waals surface area contributed by atoms with E-state index < -0.39 is 6.04 Å². The summed E-state index contributed by atoms with van der Waals surface area (Å²) < 4.78 is 16.7. The highest BCUT2D eigenvalue weighted by atomic mass is 16.5. The zero-order valence-electron chi connectivity index (χ0n) is 20.9. The van der Waals surface area contributed by atoms with E-state index in [1.54, 1.807) is 12.0 Å². The summed E-state index contributed by atoms with van der Waals surface area (Å²) >= 11 is 0. The standard InChI is InChI=1S/C27H32N4O4/c1-17(2)34-15-7-14-31-19(4)23(24(28-27(31)32)20-10-12-22(33-5)13-11-20)26-29-25(30-35-26)21-9-6-8-18(3)16-21/h6,8-13,16-17,24H,7,14-15H2,1-5H3,(H,28,32). The van der Waals surface area contributed by atoms with Gasteiger partial charge < -0.3 is 19.3 Å². The van der Waals surface area contributed by atoms with Crippen LogP contribution in [0, 0.1) is 6.92 Å². The summed E-state index contributed by atoms with van der Waals surface area (Å²) in [6.07, 6.45) is 0.859. The highest BCUT2D eigenvalue weighted by molar-refractivity contribution is 5.86. The van der Waals surface area contributed by atoms with Crippen molar-refractivity contribution < 1.29 is 18.8 Å². The number of hydrogen-bond donors (Lipinski definition) is 1. The van der Waals surface area contributed by atoms with Crippen molar-refractivity contribution in [2.75, 3.05) is 20.3 Å². The Bertz CT molecular complexity index is 1200. The molecule has 3 aromatic rings. The molecule has 1 aromatic heterocycles. The molecule has 0 bridgehead atoms. The van der Waals surface area contributed by atoms with E-state index in [1.807, 2.05) is 76.2 Å². The number of methoxy groups -OCH3 is 1. The number of aromatic nitrogens is 2. The molecule has 1 atom stereocenters. The molecule has 2 aromatic carbocycles. The third-order valence-electron chi connectivity index (χ3n) is 5.96. The van der Waals surface area contributed by atoms with Gasteiger partial charge in [-0.05, 0) is 57.9 Å². The summed E-state index contributed by atoms with van der Waals surface area (Å²) in [5.41, 5.74) is 4.43. The number of benzene rings is 2. The molecule has 2 heterocycles. The second-order valence-corrected chi connectivity index (χ2v) is 8.87. The molecule has 1 aliphatic heterocycles. The van der Waals surface area contributed by atoms with Crippen molar-refractivity contribution in [3.05, 3.63) is 71.2 Å². The van der Waals surface area contributed by atoms with Crippen LogP contribution in [-0.2, 0) is 4.74 Å². The van der Waals surface area contributed by atoms with Crippen LogP contribution in [0.25, 0.3) is 17.0 Å². The van der Waals surface area contributed by atoms with Gasteiger partial charge in [0.1, 0.15) is 5.75 Å². The minimum atomic E-state index is -0.442. The van der Waals surface area contributed by atoms with E-state index in [4.69, 9.17) is 19.0 Å². The lowest BCUT2D eigenvalue weighted by Crippen LogP contribution is -2.46. The van der Waals surface area contributed by atoms with Crippen LogP contribution >= 0.6 is 0 Å². The fourth-order valence-corrected chi connectivity index (χ4v) is 4.15. The summed E-state index contributed by atoms with van der Waals surface area (Å²) in [6.45, 7) is 9.03. The van der Waals surface area contributed by atoms with Crippen molar-refractivity contribution in [2.24, 2.45) is 0 Å². The van der Waals surface area contributed by atoms with Gasteiger partial charge in [-0.2, -0.15) is 4.98 Å². The number of ether oxygens (including phenoxy) is 2. The fourth-order valence-electron chi connectivity index (χ4n) is 4.15. The third-order valence-corrected chi connectivity index (χ3v) is 5.96. The summed E-state index contributed by atoms with van der Waals surface area (Å²) in [6, 6.07) is 14.9. The van der Waals surface area contributed by atoms with Gasteiger partial charge in [0.05, 0.1) is 24.8 Å². The fraction of sp³-hybridized carbons (Fsp3) is 0.370. The van der Waals surface area contributed by atoms with E-state index >= 15 is 0 Å². The normalized spacial score (nSPS) is 16.1. The average Bonchev–Trinajstić information content (AvgIpc) is 3.33. The number of amides is 2. The van der Waals surface area contributed by atoms with Crippen LogP contribution in [0.2, 0.25) is 0 Å². The van der Waals surface area contributed by atoms with Crippen molar-refractivity contribution in [3.8, 4) is 17.1 Å². The Morgan fingerprint density at radius 2 is 1.91 bits per heavy atom. The van der Waals surface area contributed by atoms with Gasteiger partial charge in [-0.15, -0.1) is 0 Å². The third kappa shape index (κ3) is 5.54. The molecule has 0 saturated heterocycles. The number of carbonyl (C=O) groups excluding carboxylic acids is 1. The first-order valence-corrected chi connectivity index (χ1v) is 11.8. The number of aryl methyl sites for hydroxylation is 1. The van der Waals surface area contributed by atoms with Gasteiger partial charge in [0.2, 0.25) is 5.82 Å². The lowest BCUT2D eigenvalue weighted by molar-refractivity contribution is 0.0736. The van der Waals surface area contributed by atoms with E-state index in [0.717, 1.165) is 33.7 Å². The predicted molar refractivity (Wildman–Crippen MR) is 134 cm³/mol. The van der Waals surface area contributed by atoms with E-state index in [9.17, 15) is 4.79 Å².